The van der Waals surface area contributed by atoms with E-state index in [1.165, 1.54) is 6.92 Å². The molecule has 0 aromatic rings. The van der Waals surface area contributed by atoms with Crippen LogP contribution in [0.25, 0.3) is 0 Å². The smallest absolute Gasteiger partial charge is 0.163 e. The average Bonchev–Trinajstić information content (AvgIpc) is 2.00. The summed E-state index contributed by atoms with van der Waals surface area (Å²) in [4.78, 5) is 31.8. The van der Waals surface area contributed by atoms with Gasteiger partial charge < -0.3 is 0 Å². The molecule has 64 valence electrons. The van der Waals surface area contributed by atoms with Gasteiger partial charge in [-0.2, -0.15) is 0 Å². The van der Waals surface area contributed by atoms with E-state index in [-0.39, 0.29) is 23.8 Å². The molecule has 0 aliphatic rings. The van der Waals surface area contributed by atoms with Gasteiger partial charge in [0.15, 0.2) is 17.3 Å². The van der Waals surface area contributed by atoms with Crippen molar-refractivity contribution in [3.8, 4) is 0 Å². The summed E-state index contributed by atoms with van der Waals surface area (Å²) in [7, 11) is 0. The van der Waals surface area contributed by atoms with E-state index in [1.54, 1.807) is 0 Å². The van der Waals surface area contributed by atoms with Crippen LogP contribution in [0.2, 0.25) is 0 Å². The summed E-state index contributed by atoms with van der Waals surface area (Å²) < 4.78 is 0. The van der Waals surface area contributed by atoms with Crippen LogP contribution in [-0.4, -0.2) is 17.3 Å². The first kappa shape index (κ1) is 10.5. The Morgan fingerprint density at radius 2 is 1.75 bits per heavy atom. The van der Waals surface area contributed by atoms with Crippen molar-refractivity contribution in [3.05, 3.63) is 24.8 Å². The molecule has 0 unspecified atom stereocenters. The van der Waals surface area contributed by atoms with Gasteiger partial charge in [0.05, 0.1) is 6.42 Å². The molecule has 0 spiro atoms. The lowest BCUT2D eigenvalue weighted by Crippen LogP contribution is -2.02. The predicted molar refractivity (Wildman–Crippen MR) is 44.6 cm³/mol. The summed E-state index contributed by atoms with van der Waals surface area (Å²) in [6.45, 7) is 4.55. The van der Waals surface area contributed by atoms with E-state index < -0.39 is 0 Å². The number of ketones is 3. The second kappa shape index (κ2) is 5.18. The van der Waals surface area contributed by atoms with Crippen LogP contribution in [0.15, 0.2) is 24.8 Å². The number of carbonyl (C=O) groups excluding carboxylic acids is 3. The molecular formula is C9H10O3. The highest BCUT2D eigenvalue weighted by atomic mass is 16.1. The van der Waals surface area contributed by atoms with Gasteiger partial charge in [-0.15, -0.1) is 0 Å². The van der Waals surface area contributed by atoms with Crippen molar-refractivity contribution < 1.29 is 14.4 Å². The Morgan fingerprint density at radius 3 is 2.17 bits per heavy atom. The summed E-state index contributed by atoms with van der Waals surface area (Å²) in [6.07, 6.45) is 3.11. The maximum atomic E-state index is 10.8. The van der Waals surface area contributed by atoms with Crippen molar-refractivity contribution in [2.24, 2.45) is 0 Å². The van der Waals surface area contributed by atoms with Crippen molar-refractivity contribution >= 4 is 17.3 Å². The molecule has 0 heterocycles. The van der Waals surface area contributed by atoms with Crippen LogP contribution in [0.3, 0.4) is 0 Å². The minimum atomic E-state index is -0.380. The summed E-state index contributed by atoms with van der Waals surface area (Å²) in [6, 6.07) is 0. The first-order valence-corrected chi connectivity index (χ1v) is 3.43. The number of carbonyl (C=O) groups is 3. The Labute approximate surface area is 70.8 Å². The third-order valence-corrected chi connectivity index (χ3v) is 1.08. The first-order chi connectivity index (χ1) is 5.56. The highest BCUT2D eigenvalue weighted by Crippen LogP contribution is 1.89. The Morgan fingerprint density at radius 1 is 1.17 bits per heavy atom. The molecule has 0 radical (unpaired) electrons. The quantitative estimate of drug-likeness (QED) is 0.449. The van der Waals surface area contributed by atoms with Crippen molar-refractivity contribution in [1.29, 1.82) is 0 Å². The second-order valence-electron chi connectivity index (χ2n) is 2.26. The van der Waals surface area contributed by atoms with Gasteiger partial charge in [-0.05, 0) is 25.2 Å². The number of hydrogen-bond donors (Lipinski definition) is 0. The monoisotopic (exact) mass is 166 g/mol. The molecular weight excluding hydrogens is 156 g/mol. The highest BCUT2D eigenvalue weighted by molar-refractivity contribution is 6.09. The van der Waals surface area contributed by atoms with Crippen LogP contribution in [0.1, 0.15) is 13.3 Å². The Balaban J connectivity index is 3.98. The van der Waals surface area contributed by atoms with Gasteiger partial charge in [0.1, 0.15) is 0 Å². The van der Waals surface area contributed by atoms with Crippen molar-refractivity contribution in [2.45, 2.75) is 13.3 Å². The van der Waals surface area contributed by atoms with Gasteiger partial charge in [-0.1, -0.05) is 6.58 Å². The highest BCUT2D eigenvalue weighted by Gasteiger charge is 2.01. The minimum Gasteiger partial charge on any atom is -0.295 e. The van der Waals surface area contributed by atoms with Crippen LogP contribution >= 0.6 is 0 Å². The van der Waals surface area contributed by atoms with Gasteiger partial charge in [0.2, 0.25) is 0 Å². The topological polar surface area (TPSA) is 51.2 Å². The van der Waals surface area contributed by atoms with Gasteiger partial charge in [0.25, 0.3) is 0 Å². The normalized spacial score (nSPS) is 9.75. The van der Waals surface area contributed by atoms with Crippen LogP contribution < -0.4 is 0 Å². The molecule has 0 aliphatic carbocycles. The fourth-order valence-electron chi connectivity index (χ4n) is 0.513. The Bertz CT molecular complexity index is 248. The van der Waals surface area contributed by atoms with Gasteiger partial charge >= 0.3 is 0 Å². The van der Waals surface area contributed by atoms with Crippen molar-refractivity contribution in [2.75, 3.05) is 0 Å². The molecule has 0 aromatic heterocycles. The second-order valence-corrected chi connectivity index (χ2v) is 2.26. The number of hydrogen-bond acceptors (Lipinski definition) is 3. The average molecular weight is 166 g/mol. The largest absolute Gasteiger partial charge is 0.295 e. The maximum Gasteiger partial charge on any atom is 0.163 e. The lowest BCUT2D eigenvalue weighted by molar-refractivity contribution is -0.122. The fourth-order valence-corrected chi connectivity index (χ4v) is 0.513. The lowest BCUT2D eigenvalue weighted by atomic mass is 10.2. The minimum absolute atomic E-state index is 0.214. The summed E-state index contributed by atoms with van der Waals surface area (Å²) in [5.74, 6) is -0.933. The molecule has 0 rings (SSSR count). The maximum absolute atomic E-state index is 10.8. The number of rotatable bonds is 5. The summed E-state index contributed by atoms with van der Waals surface area (Å²) in [5, 5.41) is 0. The summed E-state index contributed by atoms with van der Waals surface area (Å²) in [5.41, 5.74) is 0. The molecule has 0 bridgehead atoms. The van der Waals surface area contributed by atoms with Crippen LogP contribution in [0.5, 0.6) is 0 Å². The third kappa shape index (κ3) is 5.29. The SMILES string of the molecule is C=CC(=O)CC(=O)C=CC(C)=O. The summed E-state index contributed by atoms with van der Waals surface area (Å²) >= 11 is 0. The van der Waals surface area contributed by atoms with Gasteiger partial charge in [0, 0.05) is 0 Å². The molecule has 3 heteroatoms. The number of allylic oxidation sites excluding steroid dienone is 3. The van der Waals surface area contributed by atoms with Gasteiger partial charge in [-0.3, -0.25) is 14.4 Å². The molecule has 3 nitrogen and oxygen atoms in total. The zero-order chi connectivity index (χ0) is 9.56. The van der Waals surface area contributed by atoms with E-state index >= 15 is 0 Å². The molecule has 0 saturated carbocycles. The van der Waals surface area contributed by atoms with Crippen LogP contribution in [0, 0.1) is 0 Å². The standard InChI is InChI=1S/C9H10O3/c1-3-8(11)6-9(12)5-4-7(2)10/h3-5H,1,6H2,2H3. The molecule has 0 aromatic carbocycles. The third-order valence-electron chi connectivity index (χ3n) is 1.08. The van der Waals surface area contributed by atoms with E-state index in [0.717, 1.165) is 18.2 Å². The van der Waals surface area contributed by atoms with Crippen LogP contribution in [0.4, 0.5) is 0 Å². The molecule has 0 atom stereocenters. The van der Waals surface area contributed by atoms with Crippen LogP contribution in [-0.2, 0) is 14.4 Å². The zero-order valence-electron chi connectivity index (χ0n) is 6.87. The van der Waals surface area contributed by atoms with E-state index in [1.807, 2.05) is 0 Å². The van der Waals surface area contributed by atoms with Crippen molar-refractivity contribution in [1.82, 2.24) is 0 Å². The van der Waals surface area contributed by atoms with E-state index in [0.29, 0.717) is 0 Å². The predicted octanol–water partition coefficient (Wildman–Crippen LogP) is 0.846. The molecule has 0 aliphatic heterocycles. The molecule has 12 heavy (non-hydrogen) atoms. The molecule has 0 saturated heterocycles. The Hall–Kier alpha value is -1.51. The van der Waals surface area contributed by atoms with E-state index in [2.05, 4.69) is 6.58 Å². The zero-order valence-corrected chi connectivity index (χ0v) is 6.87. The van der Waals surface area contributed by atoms with E-state index in [4.69, 9.17) is 0 Å². The lowest BCUT2D eigenvalue weighted by Gasteiger charge is -1.87. The van der Waals surface area contributed by atoms with E-state index in [9.17, 15) is 14.4 Å². The molecule has 0 amide bonds. The molecule has 0 N–H and O–H groups in total. The fraction of sp³-hybridized carbons (Fsp3) is 0.222. The Kier molecular flexibility index (Phi) is 4.53. The molecule has 0 fully saturated rings. The van der Waals surface area contributed by atoms with Crippen molar-refractivity contribution in [3.63, 3.8) is 0 Å². The first-order valence-electron chi connectivity index (χ1n) is 3.43. The van der Waals surface area contributed by atoms with Gasteiger partial charge in [-0.25, -0.2) is 0 Å².